The van der Waals surface area contributed by atoms with Crippen molar-refractivity contribution < 1.29 is 4.74 Å². The highest BCUT2D eigenvalue weighted by Gasteiger charge is 2.14. The van der Waals surface area contributed by atoms with Gasteiger partial charge in [0.1, 0.15) is 5.82 Å². The number of imidazole rings is 1. The molecule has 0 radical (unpaired) electrons. The number of hydrogen-bond acceptors (Lipinski definition) is 2. The van der Waals surface area contributed by atoms with Gasteiger partial charge in [0.15, 0.2) is 0 Å². The Hall–Kier alpha value is -2.13. The molecule has 1 aliphatic rings. The number of hydrogen-bond donors (Lipinski definition) is 1. The van der Waals surface area contributed by atoms with E-state index in [1.807, 2.05) is 18.2 Å². The van der Waals surface area contributed by atoms with Crippen molar-refractivity contribution in [2.75, 3.05) is 0 Å². The number of aromatic amines is 1. The summed E-state index contributed by atoms with van der Waals surface area (Å²) < 4.78 is 6.09. The molecule has 3 nitrogen and oxygen atoms in total. The highest BCUT2D eigenvalue weighted by atomic mass is 16.5. The smallest absolute Gasteiger partial charge is 0.138 e. The summed E-state index contributed by atoms with van der Waals surface area (Å²) in [5.74, 6) is 0.922. The van der Waals surface area contributed by atoms with Gasteiger partial charge >= 0.3 is 0 Å². The molecule has 1 aliphatic carbocycles. The second kappa shape index (κ2) is 6.55. The fraction of sp³-hybridized carbons (Fsp3) is 0.350. The zero-order valence-electron chi connectivity index (χ0n) is 13.3. The van der Waals surface area contributed by atoms with Gasteiger partial charge in [0.05, 0.1) is 23.7 Å². The third-order valence-corrected chi connectivity index (χ3v) is 4.63. The van der Waals surface area contributed by atoms with Crippen molar-refractivity contribution in [3.63, 3.8) is 0 Å². The number of benzene rings is 2. The van der Waals surface area contributed by atoms with E-state index in [-0.39, 0.29) is 0 Å². The Morgan fingerprint density at radius 2 is 1.87 bits per heavy atom. The maximum absolute atomic E-state index is 6.09. The number of nitrogens with zero attached hydrogens (tertiary/aromatic N) is 1. The summed E-state index contributed by atoms with van der Waals surface area (Å²) in [5.41, 5.74) is 4.41. The number of aromatic nitrogens is 2. The third kappa shape index (κ3) is 3.30. The van der Waals surface area contributed by atoms with Crippen LogP contribution in [0, 0.1) is 0 Å². The molecule has 0 aliphatic heterocycles. The van der Waals surface area contributed by atoms with Crippen LogP contribution in [-0.4, -0.2) is 16.1 Å². The number of rotatable bonds is 4. The molecule has 23 heavy (non-hydrogen) atoms. The summed E-state index contributed by atoms with van der Waals surface area (Å²) in [6.07, 6.45) is 6.85. The molecule has 1 saturated carbocycles. The molecule has 4 rings (SSSR count). The molecule has 3 aromatic rings. The van der Waals surface area contributed by atoms with E-state index in [0.29, 0.717) is 12.7 Å². The summed E-state index contributed by atoms with van der Waals surface area (Å²) in [6, 6.07) is 16.6. The molecule has 0 saturated heterocycles. The van der Waals surface area contributed by atoms with Crippen LogP contribution in [0.15, 0.2) is 48.5 Å². The van der Waals surface area contributed by atoms with E-state index in [4.69, 9.17) is 4.74 Å². The van der Waals surface area contributed by atoms with Crippen LogP contribution in [-0.2, 0) is 11.3 Å². The lowest BCUT2D eigenvalue weighted by Crippen LogP contribution is -2.16. The van der Waals surface area contributed by atoms with Crippen LogP contribution in [0.1, 0.15) is 37.7 Å². The second-order valence-electron chi connectivity index (χ2n) is 6.37. The highest BCUT2D eigenvalue weighted by molar-refractivity contribution is 5.79. The lowest BCUT2D eigenvalue weighted by Gasteiger charge is -2.22. The maximum Gasteiger partial charge on any atom is 0.138 e. The van der Waals surface area contributed by atoms with E-state index in [1.165, 1.54) is 37.7 Å². The average molecular weight is 306 g/mol. The van der Waals surface area contributed by atoms with Crippen molar-refractivity contribution in [2.24, 2.45) is 0 Å². The fourth-order valence-electron chi connectivity index (χ4n) is 3.34. The Morgan fingerprint density at radius 3 is 2.74 bits per heavy atom. The molecule has 118 valence electrons. The van der Waals surface area contributed by atoms with Crippen LogP contribution in [0.5, 0.6) is 0 Å². The maximum atomic E-state index is 6.09. The fourth-order valence-corrected chi connectivity index (χ4v) is 3.34. The summed E-state index contributed by atoms with van der Waals surface area (Å²) in [7, 11) is 0. The Kier molecular flexibility index (Phi) is 4.12. The van der Waals surface area contributed by atoms with Gasteiger partial charge in [-0.2, -0.15) is 0 Å². The van der Waals surface area contributed by atoms with Crippen molar-refractivity contribution in [3.05, 3.63) is 54.1 Å². The van der Waals surface area contributed by atoms with Crippen molar-refractivity contribution in [2.45, 2.75) is 44.8 Å². The van der Waals surface area contributed by atoms with Crippen LogP contribution in [0.25, 0.3) is 22.4 Å². The van der Waals surface area contributed by atoms with E-state index >= 15 is 0 Å². The minimum atomic E-state index is 0.443. The molecule has 1 heterocycles. The van der Waals surface area contributed by atoms with Crippen LogP contribution in [0.3, 0.4) is 0 Å². The number of H-pyrrole nitrogens is 1. The monoisotopic (exact) mass is 306 g/mol. The van der Waals surface area contributed by atoms with Gasteiger partial charge in [0, 0.05) is 5.56 Å². The average Bonchev–Trinajstić information content (AvgIpc) is 3.05. The predicted octanol–water partition coefficient (Wildman–Crippen LogP) is 5.08. The lowest BCUT2D eigenvalue weighted by atomic mass is 9.98. The topological polar surface area (TPSA) is 37.9 Å². The molecule has 0 atom stereocenters. The van der Waals surface area contributed by atoms with Crippen molar-refractivity contribution in [3.8, 4) is 11.4 Å². The van der Waals surface area contributed by atoms with Gasteiger partial charge in [-0.3, -0.25) is 0 Å². The zero-order chi connectivity index (χ0) is 15.5. The predicted molar refractivity (Wildman–Crippen MR) is 93.2 cm³/mol. The molecule has 0 bridgehead atoms. The van der Waals surface area contributed by atoms with E-state index in [9.17, 15) is 0 Å². The van der Waals surface area contributed by atoms with Crippen molar-refractivity contribution in [1.82, 2.24) is 9.97 Å². The van der Waals surface area contributed by atoms with Crippen molar-refractivity contribution in [1.29, 1.82) is 0 Å². The molecular weight excluding hydrogens is 284 g/mol. The van der Waals surface area contributed by atoms with Gasteiger partial charge in [0.25, 0.3) is 0 Å². The van der Waals surface area contributed by atoms with E-state index < -0.39 is 0 Å². The molecule has 0 spiro atoms. The number of nitrogens with one attached hydrogen (secondary N) is 1. The summed E-state index contributed by atoms with van der Waals surface area (Å²) in [5, 5.41) is 0. The van der Waals surface area contributed by atoms with Gasteiger partial charge in [0.2, 0.25) is 0 Å². The van der Waals surface area contributed by atoms with E-state index in [2.05, 4.69) is 40.3 Å². The number of para-hydroxylation sites is 2. The van der Waals surface area contributed by atoms with Gasteiger partial charge in [-0.15, -0.1) is 0 Å². The molecule has 2 aromatic carbocycles. The van der Waals surface area contributed by atoms with Gasteiger partial charge in [-0.25, -0.2) is 4.98 Å². The molecule has 3 heteroatoms. The standard InChI is InChI=1S/C20H22N2O/c1-2-9-17(10-3-1)23-14-15-7-6-8-16(13-15)20-21-18-11-4-5-12-19(18)22-20/h4-8,11-13,17H,1-3,9-10,14H2,(H,21,22). The molecule has 1 N–H and O–H groups in total. The van der Waals surface area contributed by atoms with Crippen LogP contribution >= 0.6 is 0 Å². The van der Waals surface area contributed by atoms with Crippen molar-refractivity contribution >= 4 is 11.0 Å². The minimum absolute atomic E-state index is 0.443. The molecular formula is C20H22N2O. The van der Waals surface area contributed by atoms with E-state index in [1.54, 1.807) is 0 Å². The summed E-state index contributed by atoms with van der Waals surface area (Å²) >= 11 is 0. The number of ether oxygens (including phenoxy) is 1. The largest absolute Gasteiger partial charge is 0.374 e. The first-order valence-electron chi connectivity index (χ1n) is 8.54. The number of fused-ring (bicyclic) bond motifs is 1. The molecule has 0 amide bonds. The minimum Gasteiger partial charge on any atom is -0.374 e. The van der Waals surface area contributed by atoms with Crippen LogP contribution in [0.2, 0.25) is 0 Å². The quantitative estimate of drug-likeness (QED) is 0.730. The molecule has 1 fully saturated rings. The Morgan fingerprint density at radius 1 is 1.00 bits per heavy atom. The lowest BCUT2D eigenvalue weighted by molar-refractivity contribution is 0.0169. The second-order valence-corrected chi connectivity index (χ2v) is 6.37. The summed E-state index contributed by atoms with van der Waals surface area (Å²) in [6.45, 7) is 0.693. The first-order chi connectivity index (χ1) is 11.4. The molecule has 1 aromatic heterocycles. The first kappa shape index (κ1) is 14.5. The van der Waals surface area contributed by atoms with Gasteiger partial charge in [-0.05, 0) is 36.6 Å². The summed E-state index contributed by atoms with van der Waals surface area (Å²) in [4.78, 5) is 8.07. The van der Waals surface area contributed by atoms with Gasteiger partial charge < -0.3 is 9.72 Å². The molecule has 0 unspecified atom stereocenters. The highest BCUT2D eigenvalue weighted by Crippen LogP contribution is 2.24. The Bertz CT molecular complexity index is 754. The van der Waals surface area contributed by atoms with Crippen LogP contribution in [0.4, 0.5) is 0 Å². The zero-order valence-corrected chi connectivity index (χ0v) is 13.3. The normalized spacial score (nSPS) is 16.0. The third-order valence-electron chi connectivity index (χ3n) is 4.63. The van der Waals surface area contributed by atoms with Crippen LogP contribution < -0.4 is 0 Å². The van der Waals surface area contributed by atoms with Gasteiger partial charge in [-0.1, -0.05) is 49.6 Å². The Labute approximate surface area is 136 Å². The SMILES string of the molecule is c1cc(COC2CCCCC2)cc(-c2nc3ccccc3[nH]2)c1. The Balaban J connectivity index is 1.51. The van der Waals surface area contributed by atoms with E-state index in [0.717, 1.165) is 22.4 Å². The first-order valence-corrected chi connectivity index (χ1v) is 8.54.